The molecule has 20 heavy (non-hydrogen) atoms. The molecule has 1 atom stereocenters. The zero-order valence-corrected chi connectivity index (χ0v) is 12.8. The molecule has 0 aliphatic carbocycles. The molecule has 1 fully saturated rings. The predicted molar refractivity (Wildman–Crippen MR) is 79.5 cm³/mol. The Labute approximate surface area is 121 Å². The number of amides is 1. The van der Waals surface area contributed by atoms with Crippen molar-refractivity contribution in [1.29, 1.82) is 0 Å². The van der Waals surface area contributed by atoms with Crippen LogP contribution in [0.2, 0.25) is 0 Å². The molecule has 1 aromatic heterocycles. The van der Waals surface area contributed by atoms with Crippen molar-refractivity contribution in [3.8, 4) is 0 Å². The third kappa shape index (κ3) is 3.26. The van der Waals surface area contributed by atoms with Gasteiger partial charge in [0, 0.05) is 44.0 Å². The number of hydrogen-bond acceptors (Lipinski definition) is 4. The first-order valence-corrected chi connectivity index (χ1v) is 7.18. The summed E-state index contributed by atoms with van der Waals surface area (Å²) in [5, 5.41) is 0. The van der Waals surface area contributed by atoms with Crippen molar-refractivity contribution in [2.75, 3.05) is 25.0 Å². The lowest BCUT2D eigenvalue weighted by atomic mass is 9.93. The molecule has 1 aliphatic rings. The predicted octanol–water partition coefficient (Wildman–Crippen LogP) is 1.95. The first kappa shape index (κ1) is 14.8. The molecule has 2 heterocycles. The molecule has 0 spiro atoms. The number of rotatable bonds is 2. The molecule has 0 N–H and O–H groups in total. The van der Waals surface area contributed by atoms with Crippen LogP contribution in [0.25, 0.3) is 0 Å². The number of piperidine rings is 1. The maximum absolute atomic E-state index is 12.4. The fraction of sp³-hybridized carbons (Fsp3) is 0.667. The molecule has 1 aromatic rings. The van der Waals surface area contributed by atoms with Crippen LogP contribution in [-0.2, 0) is 4.79 Å². The Morgan fingerprint density at radius 2 is 2.15 bits per heavy atom. The number of carbonyl (C=O) groups excluding carboxylic acids is 1. The fourth-order valence-electron chi connectivity index (χ4n) is 2.63. The van der Waals surface area contributed by atoms with Gasteiger partial charge in [0.25, 0.3) is 0 Å². The standard InChI is InChI=1S/C15H24N4O/c1-15(2,3)14(20)18(4)12-6-5-9-19(11-12)13-10-16-7-8-17-13/h7-8,10,12H,5-6,9,11H2,1-4H3. The van der Waals surface area contributed by atoms with Crippen molar-refractivity contribution in [1.82, 2.24) is 14.9 Å². The van der Waals surface area contributed by atoms with E-state index in [2.05, 4.69) is 14.9 Å². The van der Waals surface area contributed by atoms with Crippen LogP contribution in [0.3, 0.4) is 0 Å². The lowest BCUT2D eigenvalue weighted by Crippen LogP contribution is -2.51. The summed E-state index contributed by atoms with van der Waals surface area (Å²) in [5.41, 5.74) is -0.330. The average molecular weight is 276 g/mol. The van der Waals surface area contributed by atoms with Gasteiger partial charge in [-0.3, -0.25) is 9.78 Å². The Kier molecular flexibility index (Phi) is 4.26. The maximum atomic E-state index is 12.4. The summed E-state index contributed by atoms with van der Waals surface area (Å²) in [5.74, 6) is 1.09. The molecular weight excluding hydrogens is 252 g/mol. The lowest BCUT2D eigenvalue weighted by molar-refractivity contribution is -0.140. The van der Waals surface area contributed by atoms with Crippen molar-refractivity contribution in [3.63, 3.8) is 0 Å². The van der Waals surface area contributed by atoms with Gasteiger partial charge in [-0.05, 0) is 12.8 Å². The molecule has 1 amide bonds. The van der Waals surface area contributed by atoms with Gasteiger partial charge in [0.05, 0.1) is 6.20 Å². The Balaban J connectivity index is 2.06. The van der Waals surface area contributed by atoms with Crippen molar-refractivity contribution >= 4 is 11.7 Å². The maximum Gasteiger partial charge on any atom is 0.227 e. The quantitative estimate of drug-likeness (QED) is 0.828. The van der Waals surface area contributed by atoms with Gasteiger partial charge in [0.2, 0.25) is 5.91 Å². The van der Waals surface area contributed by atoms with Crippen LogP contribution in [0.15, 0.2) is 18.6 Å². The summed E-state index contributed by atoms with van der Waals surface area (Å²) in [4.78, 5) is 25.0. The molecule has 0 bridgehead atoms. The highest BCUT2D eigenvalue weighted by molar-refractivity contribution is 5.81. The molecule has 0 saturated carbocycles. The van der Waals surface area contributed by atoms with E-state index in [1.165, 1.54) is 0 Å². The number of likely N-dealkylation sites (N-methyl/N-ethyl adjacent to an activating group) is 1. The van der Waals surface area contributed by atoms with E-state index in [1.807, 2.05) is 32.7 Å². The zero-order valence-electron chi connectivity index (χ0n) is 12.8. The number of aromatic nitrogens is 2. The van der Waals surface area contributed by atoms with Crippen LogP contribution >= 0.6 is 0 Å². The summed E-state index contributed by atoms with van der Waals surface area (Å²) in [6.45, 7) is 7.71. The summed E-state index contributed by atoms with van der Waals surface area (Å²) in [7, 11) is 1.92. The fourth-order valence-corrected chi connectivity index (χ4v) is 2.63. The Morgan fingerprint density at radius 1 is 1.40 bits per heavy atom. The van der Waals surface area contributed by atoms with Gasteiger partial charge in [-0.2, -0.15) is 0 Å². The Morgan fingerprint density at radius 3 is 2.75 bits per heavy atom. The molecule has 1 aliphatic heterocycles. The third-order valence-corrected chi connectivity index (χ3v) is 3.78. The van der Waals surface area contributed by atoms with Crippen molar-refractivity contribution in [2.24, 2.45) is 5.41 Å². The van der Waals surface area contributed by atoms with Gasteiger partial charge < -0.3 is 9.80 Å². The molecule has 5 nitrogen and oxygen atoms in total. The van der Waals surface area contributed by atoms with Gasteiger partial charge in [-0.25, -0.2) is 4.98 Å². The summed E-state index contributed by atoms with van der Waals surface area (Å²) in [6.07, 6.45) is 7.30. The normalized spacial score (nSPS) is 19.8. The summed E-state index contributed by atoms with van der Waals surface area (Å²) in [6, 6.07) is 0.248. The van der Waals surface area contributed by atoms with Gasteiger partial charge in [0.15, 0.2) is 0 Å². The van der Waals surface area contributed by atoms with E-state index >= 15 is 0 Å². The molecule has 0 radical (unpaired) electrons. The Hall–Kier alpha value is -1.65. The summed E-state index contributed by atoms with van der Waals surface area (Å²) < 4.78 is 0. The third-order valence-electron chi connectivity index (χ3n) is 3.78. The van der Waals surface area contributed by atoms with Crippen LogP contribution in [0.4, 0.5) is 5.82 Å². The SMILES string of the molecule is CN(C(=O)C(C)(C)C)C1CCCN(c2cnccn2)C1. The average Bonchev–Trinajstić information content (AvgIpc) is 2.46. The number of nitrogens with zero attached hydrogens (tertiary/aromatic N) is 4. The second-order valence-electron chi connectivity index (χ2n) is 6.47. The topological polar surface area (TPSA) is 49.3 Å². The van der Waals surface area contributed by atoms with E-state index in [9.17, 15) is 4.79 Å². The van der Waals surface area contributed by atoms with E-state index in [1.54, 1.807) is 18.6 Å². The highest BCUT2D eigenvalue weighted by atomic mass is 16.2. The lowest BCUT2D eigenvalue weighted by Gasteiger charge is -2.40. The Bertz CT molecular complexity index is 455. The second-order valence-corrected chi connectivity index (χ2v) is 6.47. The van der Waals surface area contributed by atoms with Crippen LogP contribution in [-0.4, -0.2) is 47.0 Å². The van der Waals surface area contributed by atoms with Gasteiger partial charge in [0.1, 0.15) is 5.82 Å². The number of hydrogen-bond donors (Lipinski definition) is 0. The largest absolute Gasteiger partial charge is 0.353 e. The molecule has 1 unspecified atom stereocenters. The van der Waals surface area contributed by atoms with E-state index < -0.39 is 0 Å². The second kappa shape index (κ2) is 5.77. The minimum atomic E-state index is -0.330. The van der Waals surface area contributed by atoms with Crippen LogP contribution < -0.4 is 4.90 Å². The van der Waals surface area contributed by atoms with Crippen LogP contribution in [0.1, 0.15) is 33.6 Å². The number of carbonyl (C=O) groups is 1. The molecule has 110 valence electrons. The van der Waals surface area contributed by atoms with Crippen molar-refractivity contribution in [3.05, 3.63) is 18.6 Å². The number of anilines is 1. The minimum absolute atomic E-state index is 0.198. The molecular formula is C15H24N4O. The monoisotopic (exact) mass is 276 g/mol. The van der Waals surface area contributed by atoms with Gasteiger partial charge in [-0.1, -0.05) is 20.8 Å². The minimum Gasteiger partial charge on any atom is -0.353 e. The molecule has 5 heteroatoms. The van der Waals surface area contributed by atoms with Gasteiger partial charge in [-0.15, -0.1) is 0 Å². The van der Waals surface area contributed by atoms with E-state index in [0.717, 1.165) is 31.7 Å². The highest BCUT2D eigenvalue weighted by Crippen LogP contribution is 2.23. The van der Waals surface area contributed by atoms with Crippen LogP contribution in [0.5, 0.6) is 0 Å². The van der Waals surface area contributed by atoms with Crippen molar-refractivity contribution in [2.45, 2.75) is 39.7 Å². The zero-order chi connectivity index (χ0) is 14.8. The molecule has 0 aromatic carbocycles. The van der Waals surface area contributed by atoms with E-state index in [4.69, 9.17) is 0 Å². The van der Waals surface area contributed by atoms with Crippen molar-refractivity contribution < 1.29 is 4.79 Å². The molecule has 1 saturated heterocycles. The molecule has 2 rings (SSSR count). The smallest absolute Gasteiger partial charge is 0.227 e. The summed E-state index contributed by atoms with van der Waals surface area (Å²) >= 11 is 0. The van der Waals surface area contributed by atoms with E-state index in [-0.39, 0.29) is 17.4 Å². The van der Waals surface area contributed by atoms with Gasteiger partial charge >= 0.3 is 0 Å². The van der Waals surface area contributed by atoms with E-state index in [0.29, 0.717) is 0 Å². The van der Waals surface area contributed by atoms with Crippen LogP contribution in [0, 0.1) is 5.41 Å². The first-order valence-electron chi connectivity index (χ1n) is 7.18. The first-order chi connectivity index (χ1) is 9.39. The highest BCUT2D eigenvalue weighted by Gasteiger charge is 2.32.